The Hall–Kier alpha value is -2.42. The first kappa shape index (κ1) is 17.9. The Morgan fingerprint density at radius 2 is 1.08 bits per heavy atom. The van der Waals surface area contributed by atoms with E-state index in [2.05, 4.69) is 9.47 Å². The van der Waals surface area contributed by atoms with Gasteiger partial charge in [-0.1, -0.05) is 24.3 Å². The van der Waals surface area contributed by atoms with Crippen LogP contribution >= 0.6 is 0 Å². The van der Waals surface area contributed by atoms with Crippen molar-refractivity contribution in [1.29, 1.82) is 0 Å². The van der Waals surface area contributed by atoms with Crippen LogP contribution < -0.4 is 15.2 Å². The number of nitrogens with two attached hydrogens (primary N) is 1. The van der Waals surface area contributed by atoms with Gasteiger partial charge < -0.3 is 15.2 Å². The highest BCUT2D eigenvalue weighted by atomic mass is 19.4. The summed E-state index contributed by atoms with van der Waals surface area (Å²) in [5.41, 5.74) is 6.38. The van der Waals surface area contributed by atoms with Gasteiger partial charge in [0.1, 0.15) is 11.5 Å². The highest BCUT2D eigenvalue weighted by molar-refractivity contribution is 5.39. The van der Waals surface area contributed by atoms with Gasteiger partial charge in [-0.05, 0) is 35.4 Å². The lowest BCUT2D eigenvalue weighted by molar-refractivity contribution is -0.275. The van der Waals surface area contributed by atoms with E-state index >= 15 is 0 Å². The number of benzene rings is 2. The second-order valence-corrected chi connectivity index (χ2v) is 4.72. The molecular weight excluding hydrogens is 340 g/mol. The smallest absolute Gasteiger partial charge is 0.406 e. The summed E-state index contributed by atoms with van der Waals surface area (Å²) in [4.78, 5) is 0. The minimum Gasteiger partial charge on any atom is -0.406 e. The molecule has 2 N–H and O–H groups in total. The molecule has 0 saturated carbocycles. The Morgan fingerprint density at radius 3 is 1.42 bits per heavy atom. The molecular formula is C15H11F6NO2. The monoisotopic (exact) mass is 351 g/mol. The van der Waals surface area contributed by atoms with Gasteiger partial charge in [0.2, 0.25) is 0 Å². The molecule has 0 unspecified atom stereocenters. The molecule has 24 heavy (non-hydrogen) atoms. The van der Waals surface area contributed by atoms with Gasteiger partial charge in [0.25, 0.3) is 0 Å². The Balaban J connectivity index is 2.24. The molecule has 0 aliphatic carbocycles. The van der Waals surface area contributed by atoms with Crippen molar-refractivity contribution in [2.45, 2.75) is 18.8 Å². The van der Waals surface area contributed by atoms with Gasteiger partial charge in [-0.2, -0.15) is 0 Å². The minimum absolute atomic E-state index is 0.237. The van der Waals surface area contributed by atoms with Gasteiger partial charge in [0.15, 0.2) is 0 Å². The minimum atomic E-state index is -4.86. The van der Waals surface area contributed by atoms with Gasteiger partial charge in [0, 0.05) is 0 Å². The molecule has 130 valence electrons. The van der Waals surface area contributed by atoms with Crippen LogP contribution in [0.1, 0.15) is 17.2 Å². The Bertz CT molecular complexity index is 639. The zero-order chi connectivity index (χ0) is 18.0. The summed E-state index contributed by atoms with van der Waals surface area (Å²) in [7, 11) is 0. The molecule has 0 spiro atoms. The highest BCUT2D eigenvalue weighted by Gasteiger charge is 2.32. The average Bonchev–Trinajstić information content (AvgIpc) is 2.43. The maximum atomic E-state index is 12.2. The molecule has 0 aromatic heterocycles. The molecule has 2 rings (SSSR count). The lowest BCUT2D eigenvalue weighted by Gasteiger charge is -2.16. The second kappa shape index (κ2) is 6.60. The lowest BCUT2D eigenvalue weighted by atomic mass is 9.99. The van der Waals surface area contributed by atoms with Gasteiger partial charge in [-0.15, -0.1) is 26.3 Å². The molecule has 0 bridgehead atoms. The molecule has 9 heteroatoms. The summed E-state index contributed by atoms with van der Waals surface area (Å²) in [5, 5.41) is 0. The third-order valence-corrected chi connectivity index (χ3v) is 2.90. The van der Waals surface area contributed by atoms with Crippen LogP contribution in [0.4, 0.5) is 26.3 Å². The predicted octanol–water partition coefficient (Wildman–Crippen LogP) is 4.53. The Labute approximate surface area is 132 Å². The molecule has 2 aromatic carbocycles. The first-order valence-corrected chi connectivity index (χ1v) is 6.50. The molecule has 0 radical (unpaired) electrons. The molecule has 0 heterocycles. The van der Waals surface area contributed by atoms with E-state index in [-0.39, 0.29) is 11.1 Å². The van der Waals surface area contributed by atoms with E-state index in [9.17, 15) is 26.3 Å². The predicted molar refractivity (Wildman–Crippen MR) is 72.3 cm³/mol. The zero-order valence-corrected chi connectivity index (χ0v) is 11.9. The molecule has 0 amide bonds. The van der Waals surface area contributed by atoms with Gasteiger partial charge in [0.05, 0.1) is 6.04 Å². The van der Waals surface area contributed by atoms with Crippen LogP contribution in [0.3, 0.4) is 0 Å². The van der Waals surface area contributed by atoms with E-state index < -0.39 is 30.3 Å². The SMILES string of the molecule is NC(c1cccc(OC(F)(F)F)c1)c1cccc(OC(F)(F)F)c1. The molecule has 0 fully saturated rings. The Kier molecular flexibility index (Phi) is 4.93. The normalized spacial score (nSPS) is 12.3. The largest absolute Gasteiger partial charge is 0.573 e. The summed E-state index contributed by atoms with van der Waals surface area (Å²) in [6.07, 6.45) is -9.72. The summed E-state index contributed by atoms with van der Waals surface area (Å²) in [5.74, 6) is -0.948. The van der Waals surface area contributed by atoms with Crippen molar-refractivity contribution in [2.24, 2.45) is 5.73 Å². The highest BCUT2D eigenvalue weighted by Crippen LogP contribution is 2.30. The standard InChI is InChI=1S/C15H11F6NO2/c16-14(17,18)23-11-5-1-3-9(7-11)13(22)10-4-2-6-12(8-10)24-15(19,20)21/h1-8,13H,22H2. The quantitative estimate of drug-likeness (QED) is 0.823. The first-order chi connectivity index (χ1) is 11.0. The van der Waals surface area contributed by atoms with Crippen molar-refractivity contribution in [1.82, 2.24) is 0 Å². The van der Waals surface area contributed by atoms with E-state index in [4.69, 9.17) is 5.73 Å². The Morgan fingerprint density at radius 1 is 0.708 bits per heavy atom. The molecule has 2 aromatic rings. The average molecular weight is 351 g/mol. The summed E-state index contributed by atoms with van der Waals surface area (Å²) >= 11 is 0. The molecule has 0 atom stereocenters. The van der Waals surface area contributed by atoms with E-state index in [1.807, 2.05) is 0 Å². The number of hydrogen-bond acceptors (Lipinski definition) is 3. The number of halogens is 6. The van der Waals surface area contributed by atoms with Crippen LogP contribution in [0.2, 0.25) is 0 Å². The van der Waals surface area contributed by atoms with Crippen LogP contribution in [0.15, 0.2) is 48.5 Å². The van der Waals surface area contributed by atoms with E-state index in [1.54, 1.807) is 0 Å². The van der Waals surface area contributed by atoms with E-state index in [0.29, 0.717) is 0 Å². The van der Waals surface area contributed by atoms with Crippen LogP contribution in [-0.2, 0) is 0 Å². The lowest BCUT2D eigenvalue weighted by Crippen LogP contribution is -2.18. The summed E-state index contributed by atoms with van der Waals surface area (Å²) in [6, 6.07) is 8.82. The van der Waals surface area contributed by atoms with Crippen molar-refractivity contribution in [3.05, 3.63) is 59.7 Å². The van der Waals surface area contributed by atoms with Crippen molar-refractivity contribution in [3.8, 4) is 11.5 Å². The topological polar surface area (TPSA) is 44.5 Å². The van der Waals surface area contributed by atoms with Gasteiger partial charge in [-0.25, -0.2) is 0 Å². The second-order valence-electron chi connectivity index (χ2n) is 4.72. The zero-order valence-electron chi connectivity index (χ0n) is 11.9. The summed E-state index contributed by atoms with van der Waals surface area (Å²) < 4.78 is 81.0. The van der Waals surface area contributed by atoms with Gasteiger partial charge >= 0.3 is 12.7 Å². The maximum absolute atomic E-state index is 12.2. The number of alkyl halides is 6. The number of ether oxygens (including phenoxy) is 2. The van der Waals surface area contributed by atoms with Crippen molar-refractivity contribution in [3.63, 3.8) is 0 Å². The van der Waals surface area contributed by atoms with E-state index in [0.717, 1.165) is 24.3 Å². The van der Waals surface area contributed by atoms with Crippen molar-refractivity contribution in [2.75, 3.05) is 0 Å². The van der Waals surface area contributed by atoms with Gasteiger partial charge in [-0.3, -0.25) is 0 Å². The van der Waals surface area contributed by atoms with Crippen LogP contribution in [-0.4, -0.2) is 12.7 Å². The molecule has 0 aliphatic rings. The van der Waals surface area contributed by atoms with E-state index in [1.165, 1.54) is 24.3 Å². The van der Waals surface area contributed by atoms with Crippen molar-refractivity contribution >= 4 is 0 Å². The fourth-order valence-electron chi connectivity index (χ4n) is 2.00. The number of rotatable bonds is 4. The first-order valence-electron chi connectivity index (χ1n) is 6.50. The summed E-state index contributed by atoms with van der Waals surface area (Å²) in [6.45, 7) is 0. The fourth-order valence-corrected chi connectivity index (χ4v) is 2.00. The third-order valence-electron chi connectivity index (χ3n) is 2.90. The molecule has 0 saturated heterocycles. The fraction of sp³-hybridized carbons (Fsp3) is 0.200. The van der Waals surface area contributed by atoms with Crippen LogP contribution in [0.5, 0.6) is 11.5 Å². The maximum Gasteiger partial charge on any atom is 0.573 e. The van der Waals surface area contributed by atoms with Crippen LogP contribution in [0, 0.1) is 0 Å². The number of hydrogen-bond donors (Lipinski definition) is 1. The van der Waals surface area contributed by atoms with Crippen LogP contribution in [0.25, 0.3) is 0 Å². The van der Waals surface area contributed by atoms with Crippen molar-refractivity contribution < 1.29 is 35.8 Å². The molecule has 0 aliphatic heterocycles. The third kappa shape index (κ3) is 5.34. The molecule has 3 nitrogen and oxygen atoms in total.